The van der Waals surface area contributed by atoms with E-state index in [2.05, 4.69) is 80.5 Å². The Morgan fingerprint density at radius 3 is 1.48 bits per heavy atom. The van der Waals surface area contributed by atoms with Crippen LogP contribution in [-0.2, 0) is 31.1 Å². The largest absolute Gasteiger partial charge is 0.508 e. The number of hydrogen-bond donors (Lipinski definition) is 2. The average Bonchev–Trinajstić information content (AvgIpc) is 1.71. The number of piperazine rings is 2. The van der Waals surface area contributed by atoms with Gasteiger partial charge in [-0.15, -0.1) is 0 Å². The zero-order valence-corrected chi connectivity index (χ0v) is 53.3. The molecule has 0 saturated carbocycles. The maximum Gasteiger partial charge on any atom is 0.417 e. The van der Waals surface area contributed by atoms with Gasteiger partial charge in [0.15, 0.2) is 8.32 Å². The first-order valence-electron chi connectivity index (χ1n) is 28.9. The number of amides is 2. The van der Waals surface area contributed by atoms with Crippen molar-refractivity contribution in [1.82, 2.24) is 29.6 Å². The van der Waals surface area contributed by atoms with E-state index >= 15 is 0 Å². The SMILES string of the molecule is Cc1c(O)ccc([C@H](C)N2C[C@@H]3C[C@H]2CN3C(=O)c2ccc(C(F)(F)F)cn2)c1C.Cc1c(OC[C@@H](C)O)ccc([C@H](C)N2C[C@@H]3C[C@H]2CN3C(=O)c2ccc(C(F)(F)F)cn2)c1C.Cc1ccc(S(=O)(=O)OC[C@@H](C)O[Si](C)(C)C(C)(C)C)cc1. The Kier molecular flexibility index (Phi) is 20.7. The number of halogens is 6. The van der Waals surface area contributed by atoms with Crippen LogP contribution in [0, 0.1) is 34.6 Å². The monoisotopic (exact) mass is 1240 g/mol. The van der Waals surface area contributed by atoms with Crippen LogP contribution < -0.4 is 4.74 Å². The summed E-state index contributed by atoms with van der Waals surface area (Å²) in [6, 6.07) is 19.1. The minimum absolute atomic E-state index is 0.0131. The molecule has 3 aromatic carbocycles. The van der Waals surface area contributed by atoms with Gasteiger partial charge in [-0.05, 0) is 175 Å². The van der Waals surface area contributed by atoms with Crippen molar-refractivity contribution in [3.8, 4) is 11.5 Å². The van der Waals surface area contributed by atoms with Crippen LogP contribution in [-0.4, -0.2) is 144 Å². The predicted octanol–water partition coefficient (Wildman–Crippen LogP) is 12.3. The molecule has 0 unspecified atom stereocenters. The summed E-state index contributed by atoms with van der Waals surface area (Å²) in [5.74, 6) is 0.408. The number of pyridine rings is 2. The molecule has 4 bridgehead atoms. The molecule has 23 heteroatoms. The fourth-order valence-corrected chi connectivity index (χ4v) is 13.9. The number of aliphatic hydroxyl groups excluding tert-OH is 1. The Labute approximate surface area is 502 Å². The second kappa shape index (κ2) is 26.4. The van der Waals surface area contributed by atoms with Gasteiger partial charge in [0.05, 0.1) is 34.8 Å². The second-order valence-electron chi connectivity index (χ2n) is 24.8. The molecule has 0 radical (unpaired) electrons. The fourth-order valence-electron chi connectivity index (χ4n) is 11.5. The van der Waals surface area contributed by atoms with Crippen LogP contribution in [0.25, 0.3) is 0 Å². The van der Waals surface area contributed by atoms with E-state index < -0.39 is 48.0 Å². The summed E-state index contributed by atoms with van der Waals surface area (Å²) in [6.45, 7) is 31.2. The summed E-state index contributed by atoms with van der Waals surface area (Å²) in [7, 11) is -5.65. The molecule has 0 aliphatic carbocycles. The van der Waals surface area contributed by atoms with Gasteiger partial charge in [-0.3, -0.25) is 33.5 Å². The van der Waals surface area contributed by atoms with E-state index in [1.165, 1.54) is 5.56 Å². The number of hydrogen-bond acceptors (Lipinski definition) is 13. The van der Waals surface area contributed by atoms with Crippen molar-refractivity contribution in [3.63, 3.8) is 0 Å². The van der Waals surface area contributed by atoms with Gasteiger partial charge in [0, 0.05) is 74.8 Å². The second-order valence-corrected chi connectivity index (χ2v) is 31.2. The molecule has 4 fully saturated rings. The van der Waals surface area contributed by atoms with Gasteiger partial charge >= 0.3 is 12.4 Å². The predicted molar refractivity (Wildman–Crippen MR) is 318 cm³/mol. The van der Waals surface area contributed by atoms with Crippen molar-refractivity contribution in [2.45, 2.75) is 180 Å². The molecule has 8 atom stereocenters. The normalized spacial score (nSPS) is 20.4. The van der Waals surface area contributed by atoms with Gasteiger partial charge in [-0.2, -0.15) is 34.8 Å². The number of nitrogens with zero attached hydrogens (tertiary/aromatic N) is 6. The number of carbonyl (C=O) groups excluding carboxylic acids is 2. The first kappa shape index (κ1) is 67.6. The van der Waals surface area contributed by atoms with Crippen molar-refractivity contribution >= 4 is 30.2 Å². The smallest absolute Gasteiger partial charge is 0.417 e. The molecule has 5 aromatic rings. The molecule has 6 heterocycles. The summed E-state index contributed by atoms with van der Waals surface area (Å²) in [5, 5.41) is 19.5. The number of phenols is 1. The number of aryl methyl sites for hydroxylation is 1. The number of carbonyl (C=O) groups is 2. The molecule has 15 nitrogen and oxygen atoms in total. The van der Waals surface area contributed by atoms with E-state index in [0.717, 1.165) is 82.4 Å². The number of benzene rings is 3. The lowest BCUT2D eigenvalue weighted by molar-refractivity contribution is -0.138. The van der Waals surface area contributed by atoms with Crippen molar-refractivity contribution in [1.29, 1.82) is 0 Å². The minimum atomic E-state index is -4.48. The number of alkyl halides is 6. The Morgan fingerprint density at radius 2 is 1.08 bits per heavy atom. The van der Waals surface area contributed by atoms with E-state index in [-0.39, 0.29) is 94.5 Å². The maximum atomic E-state index is 12.9. The van der Waals surface area contributed by atoms with E-state index in [4.69, 9.17) is 13.3 Å². The third-order valence-corrected chi connectivity index (χ3v) is 23.6. The van der Waals surface area contributed by atoms with E-state index in [1.54, 1.807) is 47.1 Å². The highest BCUT2D eigenvalue weighted by Crippen LogP contribution is 2.42. The van der Waals surface area contributed by atoms with Crippen LogP contribution in [0.2, 0.25) is 18.1 Å². The lowest BCUT2D eigenvalue weighted by Gasteiger charge is -2.38. The van der Waals surface area contributed by atoms with Crippen molar-refractivity contribution in [3.05, 3.63) is 147 Å². The number of fused-ring (bicyclic) bond motifs is 4. The summed E-state index contributed by atoms with van der Waals surface area (Å²) in [4.78, 5) is 41.7. The van der Waals surface area contributed by atoms with E-state index in [1.807, 2.05) is 46.8 Å². The molecule has 470 valence electrons. The number of aromatic hydroxyl groups is 1. The maximum absolute atomic E-state index is 12.9. The van der Waals surface area contributed by atoms with Gasteiger partial charge in [0.25, 0.3) is 21.9 Å². The van der Waals surface area contributed by atoms with E-state index in [9.17, 15) is 54.6 Å². The molecule has 2 N–H and O–H groups in total. The quantitative estimate of drug-likeness (QED) is 0.0576. The molecule has 2 aromatic heterocycles. The third kappa shape index (κ3) is 15.5. The first-order chi connectivity index (χ1) is 39.9. The van der Waals surface area contributed by atoms with Gasteiger partial charge in [0.2, 0.25) is 0 Å². The van der Waals surface area contributed by atoms with Crippen molar-refractivity contribution in [2.24, 2.45) is 0 Å². The standard InChI is InChI=1S/C25H30F3N3O3.C22H24F3N3O2.C16H28O4SSi/c1-14(32)13-34-23-8-6-21(15(2)16(23)3)17(4)30-11-20-9-19(30)12-31(20)24(33)22-7-5-18(10-29-22)25(26,27)28;1-12-13(2)20(29)7-5-18(12)14(3)27-10-17-8-16(27)11-28(17)21(30)19-6-4-15(9-26-19)22(23,24)25;1-13-8-10-15(11-9-13)21(17,18)19-12-14(2)20-22(6,7)16(3,4)5/h5-8,10,14,17,19-20,32H,9,11-13H2,1-4H3;4-7,9,14,16-17,29H,8,10-11H2,1-3H3;8-11,14H,12H2,1-7H3/t14-,17+,19+,20+;14-,16-,17-;14-/m101/s1. The van der Waals surface area contributed by atoms with Crippen LogP contribution in [0.5, 0.6) is 11.5 Å². The molecular weight excluding hydrogens is 1160 g/mol. The molecule has 4 aliphatic heterocycles. The van der Waals surface area contributed by atoms with Gasteiger partial charge in [0.1, 0.15) is 29.5 Å². The van der Waals surface area contributed by atoms with Crippen LogP contribution in [0.1, 0.15) is 144 Å². The van der Waals surface area contributed by atoms with Crippen LogP contribution in [0.3, 0.4) is 0 Å². The van der Waals surface area contributed by atoms with Crippen molar-refractivity contribution in [2.75, 3.05) is 39.4 Å². The van der Waals surface area contributed by atoms with Crippen LogP contribution in [0.15, 0.2) is 90.1 Å². The Hall–Kier alpha value is -5.95. The number of aromatic nitrogens is 2. The van der Waals surface area contributed by atoms with E-state index in [0.29, 0.717) is 32.4 Å². The molecule has 0 spiro atoms. The van der Waals surface area contributed by atoms with Crippen LogP contribution in [0.4, 0.5) is 26.3 Å². The number of phenolic OH excluding ortho intramolecular Hbond substituents is 1. The Balaban J connectivity index is 0.000000189. The summed E-state index contributed by atoms with van der Waals surface area (Å²) < 4.78 is 118. The average molecular weight is 1240 g/mol. The zero-order valence-electron chi connectivity index (χ0n) is 51.5. The summed E-state index contributed by atoms with van der Waals surface area (Å²) in [6.07, 6.45) is -6.64. The first-order valence-corrected chi connectivity index (χ1v) is 33.3. The summed E-state index contributed by atoms with van der Waals surface area (Å²) >= 11 is 0. The molecule has 86 heavy (non-hydrogen) atoms. The molecule has 4 saturated heterocycles. The van der Waals surface area contributed by atoms with Crippen LogP contribution >= 0.6 is 0 Å². The topological polar surface area (TPSA) is 175 Å². The molecule has 4 aliphatic rings. The summed E-state index contributed by atoms with van der Waals surface area (Å²) in [5.41, 5.74) is 5.83. The Morgan fingerprint density at radius 1 is 0.628 bits per heavy atom. The molecular formula is C63H82F6N6O9SSi. The highest BCUT2D eigenvalue weighted by Gasteiger charge is 2.49. The van der Waals surface area contributed by atoms with Crippen molar-refractivity contribution < 1.29 is 67.9 Å². The minimum Gasteiger partial charge on any atom is -0.508 e. The highest BCUT2D eigenvalue weighted by atomic mass is 32.2. The fraction of sp³-hybridized carbons (Fsp3) is 0.524. The zero-order chi connectivity index (χ0) is 63.8. The number of rotatable bonds is 15. The number of likely N-dealkylation sites (tertiary alicyclic amines) is 4. The van der Waals surface area contributed by atoms with Gasteiger partial charge in [-0.25, -0.2) is 0 Å². The third-order valence-electron chi connectivity index (χ3n) is 17.7. The molecule has 9 rings (SSSR count). The molecule has 2 amide bonds. The number of ether oxygens (including phenoxy) is 1. The number of aliphatic hydroxyl groups is 1. The van der Waals surface area contributed by atoms with Gasteiger partial charge in [-0.1, -0.05) is 50.6 Å². The Bertz CT molecular complexity index is 3310. The lowest BCUT2D eigenvalue weighted by Crippen LogP contribution is -2.49. The van der Waals surface area contributed by atoms with Gasteiger partial charge < -0.3 is 29.2 Å². The lowest BCUT2D eigenvalue weighted by atomic mass is 9.96. The highest BCUT2D eigenvalue weighted by molar-refractivity contribution is 7.86.